The molecule has 1 amide bonds. The summed E-state index contributed by atoms with van der Waals surface area (Å²) >= 11 is 0. The molecular weight excluding hydrogens is 429 g/mol. The van der Waals surface area contributed by atoms with Crippen molar-refractivity contribution in [2.45, 2.75) is 39.8 Å². The second-order valence-corrected chi connectivity index (χ2v) is 9.46. The molecule has 0 bridgehead atoms. The lowest BCUT2D eigenvalue weighted by Gasteiger charge is -2.44. The predicted octanol–water partition coefficient (Wildman–Crippen LogP) is 4.27. The standard InChI is InChI=1S/C27H30FN5O/c1-18(2)32-11-10-30(15-20(32)4)24-9-8-23-7-5-6-21(13-26(34)33(23)17-24)22-12-25(28)27-29-19(3)14-31(27)16-22/h5-9,12-14,16-18,20H,10-11,15H2,1-4H3/b6-5?,21-13?,23-7+/t20-/m0/s1. The number of rotatable bonds is 3. The Balaban J connectivity index is 1.44. The van der Waals surface area contributed by atoms with Crippen LogP contribution in [0.3, 0.4) is 0 Å². The highest BCUT2D eigenvalue weighted by Gasteiger charge is 2.28. The van der Waals surface area contributed by atoms with E-state index in [1.54, 1.807) is 27.8 Å². The first-order valence-corrected chi connectivity index (χ1v) is 11.8. The summed E-state index contributed by atoms with van der Waals surface area (Å²) in [6.07, 6.45) is 16.8. The predicted molar refractivity (Wildman–Crippen MR) is 132 cm³/mol. The van der Waals surface area contributed by atoms with Gasteiger partial charge in [0, 0.05) is 67.6 Å². The lowest BCUT2D eigenvalue weighted by molar-refractivity contribution is -0.122. The molecule has 1 saturated heterocycles. The normalized spacial score (nSPS) is 22.9. The van der Waals surface area contributed by atoms with Crippen LogP contribution < -0.4 is 0 Å². The number of fused-ring (bicyclic) bond motifs is 2. The minimum atomic E-state index is -0.414. The number of amides is 1. The molecule has 0 aliphatic carbocycles. The number of aryl methyl sites for hydroxylation is 1. The fourth-order valence-corrected chi connectivity index (χ4v) is 5.01. The number of carbonyl (C=O) groups is 1. The maximum atomic E-state index is 14.7. The van der Waals surface area contributed by atoms with Crippen molar-refractivity contribution in [3.8, 4) is 0 Å². The van der Waals surface area contributed by atoms with E-state index in [1.165, 1.54) is 6.07 Å². The second kappa shape index (κ2) is 8.72. The summed E-state index contributed by atoms with van der Waals surface area (Å²) in [6, 6.07) is 2.39. The zero-order valence-corrected chi connectivity index (χ0v) is 20.1. The van der Waals surface area contributed by atoms with Crippen molar-refractivity contribution in [3.05, 3.63) is 89.6 Å². The Hall–Kier alpha value is -3.45. The van der Waals surface area contributed by atoms with Gasteiger partial charge in [0.25, 0.3) is 5.91 Å². The maximum absolute atomic E-state index is 14.7. The Morgan fingerprint density at radius 2 is 1.91 bits per heavy atom. The number of piperazine rings is 1. The Morgan fingerprint density at radius 1 is 1.12 bits per heavy atom. The Labute approximate surface area is 199 Å². The number of allylic oxidation sites excluding steroid dienone is 6. The molecule has 0 spiro atoms. The summed E-state index contributed by atoms with van der Waals surface area (Å²) in [7, 11) is 0. The van der Waals surface area contributed by atoms with Crippen LogP contribution in [0.15, 0.2) is 72.5 Å². The third-order valence-corrected chi connectivity index (χ3v) is 6.69. The molecule has 6 nitrogen and oxygen atoms in total. The molecule has 1 atom stereocenters. The average molecular weight is 460 g/mol. The van der Waals surface area contributed by atoms with E-state index in [4.69, 9.17) is 0 Å². The van der Waals surface area contributed by atoms with Crippen molar-refractivity contribution in [2.75, 3.05) is 19.6 Å². The molecule has 2 aromatic heterocycles. The van der Waals surface area contributed by atoms with Gasteiger partial charge in [-0.15, -0.1) is 0 Å². The highest BCUT2D eigenvalue weighted by Crippen LogP contribution is 2.27. The van der Waals surface area contributed by atoms with Crippen LogP contribution in [0.2, 0.25) is 0 Å². The summed E-state index contributed by atoms with van der Waals surface area (Å²) < 4.78 is 16.3. The highest BCUT2D eigenvalue weighted by atomic mass is 19.1. The molecule has 0 saturated carbocycles. The van der Waals surface area contributed by atoms with Crippen LogP contribution in [0.1, 0.15) is 32.0 Å². The molecule has 3 aliphatic heterocycles. The van der Waals surface area contributed by atoms with Crippen molar-refractivity contribution in [1.29, 1.82) is 0 Å². The molecule has 0 aromatic carbocycles. The van der Waals surface area contributed by atoms with E-state index in [9.17, 15) is 9.18 Å². The molecule has 0 radical (unpaired) electrons. The monoisotopic (exact) mass is 459 g/mol. The van der Waals surface area contributed by atoms with Crippen molar-refractivity contribution >= 4 is 17.1 Å². The third kappa shape index (κ3) is 4.12. The third-order valence-electron chi connectivity index (χ3n) is 6.69. The van der Waals surface area contributed by atoms with E-state index >= 15 is 0 Å². The molecule has 34 heavy (non-hydrogen) atoms. The van der Waals surface area contributed by atoms with Crippen molar-refractivity contribution in [1.82, 2.24) is 24.1 Å². The zero-order valence-electron chi connectivity index (χ0n) is 20.1. The second-order valence-electron chi connectivity index (χ2n) is 9.46. The van der Waals surface area contributed by atoms with Gasteiger partial charge in [0.15, 0.2) is 11.5 Å². The van der Waals surface area contributed by atoms with Gasteiger partial charge in [-0.05, 0) is 57.6 Å². The van der Waals surface area contributed by atoms with E-state index in [0.717, 1.165) is 36.7 Å². The van der Waals surface area contributed by atoms with Crippen LogP contribution in [0.5, 0.6) is 0 Å². The van der Waals surface area contributed by atoms with Gasteiger partial charge in [-0.1, -0.05) is 12.2 Å². The number of nitrogens with zero attached hydrogens (tertiary/aromatic N) is 5. The number of hydrogen-bond donors (Lipinski definition) is 0. The average Bonchev–Trinajstić information content (AvgIpc) is 3.17. The first-order valence-electron chi connectivity index (χ1n) is 11.8. The van der Waals surface area contributed by atoms with E-state index in [-0.39, 0.29) is 11.6 Å². The van der Waals surface area contributed by atoms with E-state index in [0.29, 0.717) is 23.2 Å². The van der Waals surface area contributed by atoms with Crippen molar-refractivity contribution in [2.24, 2.45) is 0 Å². The van der Waals surface area contributed by atoms with Crippen molar-refractivity contribution in [3.63, 3.8) is 0 Å². The summed E-state index contributed by atoms with van der Waals surface area (Å²) in [5.41, 5.74) is 4.13. The number of aromatic nitrogens is 2. The molecule has 0 N–H and O–H groups in total. The number of hydrogen-bond acceptors (Lipinski definition) is 4. The number of carbonyl (C=O) groups excluding carboxylic acids is 1. The summed E-state index contributed by atoms with van der Waals surface area (Å²) in [5, 5.41) is 0. The van der Waals surface area contributed by atoms with Gasteiger partial charge in [-0.3, -0.25) is 14.6 Å². The Morgan fingerprint density at radius 3 is 2.68 bits per heavy atom. The first-order chi connectivity index (χ1) is 16.3. The van der Waals surface area contributed by atoms with Gasteiger partial charge in [-0.25, -0.2) is 9.37 Å². The van der Waals surface area contributed by atoms with Crippen molar-refractivity contribution < 1.29 is 9.18 Å². The SMILES string of the molecule is Cc1cn2cc(C3=CC(=O)N4C=C(N5CCN(C(C)C)[C@@H](C)C5)C=C/C4=C\C=C3)cc(F)c2n1. The fourth-order valence-electron chi connectivity index (χ4n) is 5.01. The molecule has 5 rings (SSSR count). The van der Waals surface area contributed by atoms with E-state index < -0.39 is 5.82 Å². The van der Waals surface area contributed by atoms with Gasteiger partial charge in [0.2, 0.25) is 0 Å². The van der Waals surface area contributed by atoms with Gasteiger partial charge < -0.3 is 9.30 Å². The van der Waals surface area contributed by atoms with Crippen LogP contribution in [0, 0.1) is 12.7 Å². The molecule has 0 unspecified atom stereocenters. The van der Waals surface area contributed by atoms with Gasteiger partial charge in [0.1, 0.15) is 0 Å². The highest BCUT2D eigenvalue weighted by molar-refractivity contribution is 5.99. The van der Waals surface area contributed by atoms with E-state index in [2.05, 4.69) is 41.6 Å². The lowest BCUT2D eigenvalue weighted by atomic mass is 10.0. The molecular formula is C27H30FN5O. The lowest BCUT2D eigenvalue weighted by Crippen LogP contribution is -2.53. The minimum Gasteiger partial charge on any atom is -0.367 e. The molecule has 176 valence electrons. The van der Waals surface area contributed by atoms with Crippen LogP contribution in [0.25, 0.3) is 11.2 Å². The topological polar surface area (TPSA) is 44.1 Å². The number of pyridine rings is 1. The molecule has 1 fully saturated rings. The Bertz CT molecular complexity index is 1300. The molecule has 5 heterocycles. The zero-order chi connectivity index (χ0) is 24.0. The number of halogens is 1. The van der Waals surface area contributed by atoms with Crippen LogP contribution in [0.4, 0.5) is 4.39 Å². The van der Waals surface area contributed by atoms with Crippen LogP contribution in [-0.4, -0.2) is 61.7 Å². The minimum absolute atomic E-state index is 0.163. The number of imidazole rings is 1. The largest absolute Gasteiger partial charge is 0.367 e. The van der Waals surface area contributed by atoms with E-state index in [1.807, 2.05) is 37.4 Å². The molecule has 7 heteroatoms. The summed E-state index contributed by atoms with van der Waals surface area (Å²) in [6.45, 7) is 11.4. The van der Waals surface area contributed by atoms with Gasteiger partial charge in [-0.2, -0.15) is 0 Å². The summed E-state index contributed by atoms with van der Waals surface area (Å²) in [4.78, 5) is 24.1. The Kier molecular flexibility index (Phi) is 5.73. The van der Waals surface area contributed by atoms with Gasteiger partial charge in [0.05, 0.1) is 11.4 Å². The van der Waals surface area contributed by atoms with Gasteiger partial charge >= 0.3 is 0 Å². The summed E-state index contributed by atoms with van der Waals surface area (Å²) in [5.74, 6) is -0.577. The van der Waals surface area contributed by atoms with Crippen LogP contribution in [-0.2, 0) is 4.79 Å². The van der Waals surface area contributed by atoms with Crippen LogP contribution >= 0.6 is 0 Å². The maximum Gasteiger partial charge on any atom is 0.255 e. The quantitative estimate of drug-likeness (QED) is 0.688. The first kappa shape index (κ1) is 22.3. The fraction of sp³-hybridized carbons (Fsp3) is 0.333. The molecule has 2 aromatic rings. The molecule has 3 aliphatic rings. The smallest absolute Gasteiger partial charge is 0.255 e.